The van der Waals surface area contributed by atoms with Crippen LogP contribution in [-0.2, 0) is 6.54 Å². The molecule has 0 saturated heterocycles. The number of halogens is 2. The molecular formula is C16H16BrFN2O. The topological polar surface area (TPSA) is 33.2 Å². The zero-order valence-electron chi connectivity index (χ0n) is 11.7. The maximum absolute atomic E-state index is 12.7. The van der Waals surface area contributed by atoms with Crippen LogP contribution in [0.15, 0.2) is 47.1 Å². The molecule has 110 valence electrons. The number of Topliss-reactive ketones (excluding diaryl/α,β-unsaturated/α-hetero) is 1. The van der Waals surface area contributed by atoms with Crippen molar-refractivity contribution in [3.8, 4) is 0 Å². The fraction of sp³-hybridized carbons (Fsp3) is 0.250. The van der Waals surface area contributed by atoms with E-state index >= 15 is 0 Å². The average Bonchev–Trinajstić information content (AvgIpc) is 2.48. The van der Waals surface area contributed by atoms with Gasteiger partial charge in [0, 0.05) is 24.0 Å². The average molecular weight is 351 g/mol. The second-order valence-corrected chi connectivity index (χ2v) is 5.81. The summed E-state index contributed by atoms with van der Waals surface area (Å²) in [5, 5.41) is 0. The van der Waals surface area contributed by atoms with Crippen LogP contribution in [0.3, 0.4) is 0 Å². The Labute approximate surface area is 131 Å². The smallest absolute Gasteiger partial charge is 0.182 e. The maximum Gasteiger partial charge on any atom is 0.182 e. The lowest BCUT2D eigenvalue weighted by Gasteiger charge is -2.16. The molecule has 3 nitrogen and oxygen atoms in total. The summed E-state index contributed by atoms with van der Waals surface area (Å²) >= 11 is 3.40. The predicted octanol–water partition coefficient (Wildman–Crippen LogP) is 3.69. The number of ketones is 1. The van der Waals surface area contributed by atoms with Crippen LogP contribution in [0.4, 0.5) is 4.39 Å². The van der Waals surface area contributed by atoms with E-state index in [0.29, 0.717) is 18.7 Å². The number of benzene rings is 1. The Morgan fingerprint density at radius 3 is 2.57 bits per heavy atom. The van der Waals surface area contributed by atoms with Crippen molar-refractivity contribution in [3.05, 3.63) is 64.1 Å². The molecule has 0 aliphatic carbocycles. The van der Waals surface area contributed by atoms with Crippen LogP contribution in [0.2, 0.25) is 0 Å². The highest BCUT2D eigenvalue weighted by molar-refractivity contribution is 9.10. The van der Waals surface area contributed by atoms with Crippen LogP contribution >= 0.6 is 15.9 Å². The first-order valence-corrected chi connectivity index (χ1v) is 7.41. The number of hydrogen-bond donors (Lipinski definition) is 0. The molecule has 0 amide bonds. The van der Waals surface area contributed by atoms with Gasteiger partial charge in [-0.2, -0.15) is 0 Å². The van der Waals surface area contributed by atoms with Gasteiger partial charge < -0.3 is 4.90 Å². The van der Waals surface area contributed by atoms with Gasteiger partial charge in [-0.25, -0.2) is 4.39 Å². The number of aromatic nitrogens is 1. The van der Waals surface area contributed by atoms with E-state index in [0.717, 1.165) is 17.2 Å². The van der Waals surface area contributed by atoms with Gasteiger partial charge in [-0.3, -0.25) is 9.78 Å². The first-order valence-electron chi connectivity index (χ1n) is 6.62. The van der Waals surface area contributed by atoms with Crippen LogP contribution in [0, 0.1) is 5.82 Å². The highest BCUT2D eigenvalue weighted by atomic mass is 79.9. The van der Waals surface area contributed by atoms with Crippen molar-refractivity contribution in [1.29, 1.82) is 0 Å². The summed E-state index contributed by atoms with van der Waals surface area (Å²) in [5.41, 5.74) is 1.50. The van der Waals surface area contributed by atoms with Crippen LogP contribution in [0.1, 0.15) is 22.5 Å². The maximum atomic E-state index is 12.7. The zero-order valence-corrected chi connectivity index (χ0v) is 13.3. The Bertz CT molecular complexity index is 599. The quantitative estimate of drug-likeness (QED) is 0.745. The molecule has 0 aliphatic rings. The van der Waals surface area contributed by atoms with E-state index in [4.69, 9.17) is 0 Å². The number of pyridine rings is 1. The summed E-state index contributed by atoms with van der Waals surface area (Å²) < 4.78 is 13.8. The predicted molar refractivity (Wildman–Crippen MR) is 83.6 cm³/mol. The fourth-order valence-corrected chi connectivity index (χ4v) is 2.21. The molecule has 0 fully saturated rings. The van der Waals surface area contributed by atoms with Gasteiger partial charge in [-0.05, 0) is 36.9 Å². The molecule has 0 atom stereocenters. The Morgan fingerprint density at radius 2 is 1.95 bits per heavy atom. The minimum absolute atomic E-state index is 0.0716. The molecule has 0 radical (unpaired) electrons. The molecule has 1 aromatic heterocycles. The van der Waals surface area contributed by atoms with Crippen LogP contribution in [-0.4, -0.2) is 29.3 Å². The van der Waals surface area contributed by atoms with Crippen molar-refractivity contribution in [2.75, 3.05) is 13.6 Å². The Morgan fingerprint density at radius 1 is 1.24 bits per heavy atom. The van der Waals surface area contributed by atoms with Gasteiger partial charge in [-0.1, -0.05) is 28.1 Å². The molecule has 1 aromatic carbocycles. The van der Waals surface area contributed by atoms with Gasteiger partial charge >= 0.3 is 0 Å². The van der Waals surface area contributed by atoms with E-state index < -0.39 is 5.82 Å². The third kappa shape index (κ3) is 5.02. The summed E-state index contributed by atoms with van der Waals surface area (Å²) in [4.78, 5) is 17.8. The lowest BCUT2D eigenvalue weighted by Crippen LogP contribution is -2.21. The van der Waals surface area contributed by atoms with E-state index in [-0.39, 0.29) is 5.78 Å². The van der Waals surface area contributed by atoms with Crippen LogP contribution < -0.4 is 0 Å². The minimum atomic E-state index is -0.432. The molecular weight excluding hydrogens is 335 g/mol. The van der Waals surface area contributed by atoms with Crippen molar-refractivity contribution in [1.82, 2.24) is 9.88 Å². The van der Waals surface area contributed by atoms with E-state index in [1.54, 1.807) is 0 Å². The van der Waals surface area contributed by atoms with Gasteiger partial charge in [-0.15, -0.1) is 0 Å². The minimum Gasteiger partial charge on any atom is -0.302 e. The van der Waals surface area contributed by atoms with Gasteiger partial charge in [0.25, 0.3) is 0 Å². The van der Waals surface area contributed by atoms with Crippen LogP contribution in [0.5, 0.6) is 0 Å². The standard InChI is InChI=1S/C16H16BrFN2O/c1-20(11-12-2-4-13(17)5-3-12)9-8-16(21)15-7-6-14(18)10-19-15/h2-7,10H,8-9,11H2,1H3. The largest absolute Gasteiger partial charge is 0.302 e. The summed E-state index contributed by atoms with van der Waals surface area (Å²) in [7, 11) is 1.97. The van der Waals surface area contributed by atoms with Crippen molar-refractivity contribution in [3.63, 3.8) is 0 Å². The lowest BCUT2D eigenvalue weighted by atomic mass is 10.1. The van der Waals surface area contributed by atoms with E-state index in [1.807, 2.05) is 31.3 Å². The summed E-state index contributed by atoms with van der Waals surface area (Å²) in [6, 6.07) is 10.8. The Balaban J connectivity index is 1.83. The summed E-state index contributed by atoms with van der Waals surface area (Å²) in [6.45, 7) is 1.41. The zero-order chi connectivity index (χ0) is 15.2. The third-order valence-corrected chi connectivity index (χ3v) is 3.63. The van der Waals surface area contributed by atoms with Gasteiger partial charge in [0.15, 0.2) is 5.78 Å². The summed E-state index contributed by atoms with van der Waals surface area (Å²) in [5.74, 6) is -0.503. The number of nitrogens with zero attached hydrogens (tertiary/aromatic N) is 2. The van der Waals surface area contributed by atoms with E-state index in [2.05, 4.69) is 25.8 Å². The molecule has 2 aromatic rings. The second kappa shape index (κ2) is 7.43. The van der Waals surface area contributed by atoms with Gasteiger partial charge in [0.2, 0.25) is 0 Å². The highest BCUT2D eigenvalue weighted by Gasteiger charge is 2.09. The highest BCUT2D eigenvalue weighted by Crippen LogP contribution is 2.12. The number of rotatable bonds is 6. The van der Waals surface area contributed by atoms with Gasteiger partial charge in [0.1, 0.15) is 11.5 Å². The Kier molecular flexibility index (Phi) is 5.59. The lowest BCUT2D eigenvalue weighted by molar-refractivity contribution is 0.0963. The van der Waals surface area contributed by atoms with E-state index in [1.165, 1.54) is 17.7 Å². The SMILES string of the molecule is CN(CCC(=O)c1ccc(F)cn1)Cc1ccc(Br)cc1. The Hall–Kier alpha value is -1.59. The molecule has 0 saturated carbocycles. The number of carbonyl (C=O) groups excluding carboxylic acids is 1. The molecule has 2 rings (SSSR count). The number of carbonyl (C=O) groups is 1. The molecule has 0 spiro atoms. The normalized spacial score (nSPS) is 10.9. The first kappa shape index (κ1) is 15.8. The van der Waals surface area contributed by atoms with Crippen molar-refractivity contribution >= 4 is 21.7 Å². The molecule has 5 heteroatoms. The van der Waals surface area contributed by atoms with Crippen molar-refractivity contribution in [2.24, 2.45) is 0 Å². The molecule has 21 heavy (non-hydrogen) atoms. The van der Waals surface area contributed by atoms with Crippen molar-refractivity contribution < 1.29 is 9.18 Å². The second-order valence-electron chi connectivity index (χ2n) is 4.90. The molecule has 0 N–H and O–H groups in total. The molecule has 0 aliphatic heterocycles. The van der Waals surface area contributed by atoms with Crippen LogP contribution in [0.25, 0.3) is 0 Å². The molecule has 0 bridgehead atoms. The first-order chi connectivity index (χ1) is 10.0. The summed E-state index contributed by atoms with van der Waals surface area (Å²) in [6.07, 6.45) is 1.43. The third-order valence-electron chi connectivity index (χ3n) is 3.10. The van der Waals surface area contributed by atoms with Gasteiger partial charge in [0.05, 0.1) is 6.20 Å². The monoisotopic (exact) mass is 350 g/mol. The number of hydrogen-bond acceptors (Lipinski definition) is 3. The van der Waals surface area contributed by atoms with Crippen molar-refractivity contribution in [2.45, 2.75) is 13.0 Å². The fourth-order valence-electron chi connectivity index (χ4n) is 1.94. The molecule has 0 unspecified atom stereocenters. The van der Waals surface area contributed by atoms with E-state index in [9.17, 15) is 9.18 Å². The molecule has 1 heterocycles.